The minimum Gasteiger partial charge on any atom is -0.378 e. The Morgan fingerprint density at radius 2 is 1.93 bits per heavy atom. The first-order valence-electron chi connectivity index (χ1n) is 8.89. The summed E-state index contributed by atoms with van der Waals surface area (Å²) in [6.45, 7) is 3.39. The summed E-state index contributed by atoms with van der Waals surface area (Å²) in [5.41, 5.74) is -0.701. The lowest BCUT2D eigenvalue weighted by molar-refractivity contribution is -0.139. The second-order valence-corrected chi connectivity index (χ2v) is 6.79. The van der Waals surface area contributed by atoms with Gasteiger partial charge in [0, 0.05) is 25.3 Å². The van der Waals surface area contributed by atoms with Crippen molar-refractivity contribution in [1.29, 1.82) is 0 Å². The number of anilines is 1. The maximum atomic E-state index is 12.7. The number of benzene rings is 1. The Bertz CT molecular complexity index is 690. The number of nitrogens with one attached hydrogen (secondary N) is 1. The van der Waals surface area contributed by atoms with Crippen LogP contribution in [0.25, 0.3) is 0 Å². The zero-order valence-corrected chi connectivity index (χ0v) is 14.8. The van der Waals surface area contributed by atoms with E-state index >= 15 is 0 Å². The van der Waals surface area contributed by atoms with Gasteiger partial charge < -0.3 is 15.0 Å². The summed E-state index contributed by atoms with van der Waals surface area (Å²) in [6, 6.07) is 4.54. The van der Waals surface area contributed by atoms with Gasteiger partial charge in [0.2, 0.25) is 11.8 Å². The number of hydrogen-bond donors (Lipinski definition) is 1. The van der Waals surface area contributed by atoms with Crippen LogP contribution in [0.3, 0.4) is 0 Å². The second-order valence-electron chi connectivity index (χ2n) is 6.79. The van der Waals surface area contributed by atoms with Crippen molar-refractivity contribution >= 4 is 17.5 Å². The van der Waals surface area contributed by atoms with Crippen LogP contribution in [0.2, 0.25) is 0 Å². The summed E-state index contributed by atoms with van der Waals surface area (Å²) in [7, 11) is 0. The number of morpholine rings is 1. The van der Waals surface area contributed by atoms with Crippen LogP contribution in [0.1, 0.15) is 12.0 Å². The molecule has 2 aliphatic rings. The lowest BCUT2D eigenvalue weighted by atomic mass is 10.1. The minimum atomic E-state index is -4.46. The number of alkyl halides is 3. The monoisotopic (exact) mass is 385 g/mol. The molecule has 1 aromatic rings. The molecule has 1 N–H and O–H groups in total. The molecule has 2 fully saturated rings. The first-order chi connectivity index (χ1) is 12.8. The van der Waals surface area contributed by atoms with Crippen molar-refractivity contribution < 1.29 is 27.5 Å². The highest BCUT2D eigenvalue weighted by Gasteiger charge is 2.33. The molecule has 0 bridgehead atoms. The first-order valence-corrected chi connectivity index (χ1v) is 8.89. The lowest BCUT2D eigenvalue weighted by Gasteiger charge is -2.29. The van der Waals surface area contributed by atoms with E-state index in [1.54, 1.807) is 4.90 Å². The smallest absolute Gasteiger partial charge is 0.378 e. The van der Waals surface area contributed by atoms with Crippen LogP contribution in [-0.4, -0.2) is 67.6 Å². The predicted octanol–water partition coefficient (Wildman–Crippen LogP) is 1.82. The summed E-state index contributed by atoms with van der Waals surface area (Å²) in [6.07, 6.45) is -3.78. The topological polar surface area (TPSA) is 61.9 Å². The van der Waals surface area contributed by atoms with E-state index in [-0.39, 0.29) is 24.1 Å². The summed E-state index contributed by atoms with van der Waals surface area (Å²) in [5.74, 6) is -0.461. The highest BCUT2D eigenvalue weighted by Crippen LogP contribution is 2.30. The third-order valence-corrected chi connectivity index (χ3v) is 4.79. The van der Waals surface area contributed by atoms with Crippen LogP contribution in [0.4, 0.5) is 18.9 Å². The number of carbonyl (C=O) groups excluding carboxylic acids is 2. The lowest BCUT2D eigenvalue weighted by Crippen LogP contribution is -2.44. The summed E-state index contributed by atoms with van der Waals surface area (Å²) < 4.78 is 43.5. The fourth-order valence-electron chi connectivity index (χ4n) is 3.40. The highest BCUT2D eigenvalue weighted by atomic mass is 19.4. The molecule has 0 aromatic heterocycles. The second kappa shape index (κ2) is 8.26. The van der Waals surface area contributed by atoms with Gasteiger partial charge in [0.05, 0.1) is 31.2 Å². The van der Waals surface area contributed by atoms with Gasteiger partial charge in [-0.3, -0.25) is 14.5 Å². The fraction of sp³-hybridized carbons (Fsp3) is 0.556. The third-order valence-electron chi connectivity index (χ3n) is 4.79. The number of likely N-dealkylation sites (tertiary alicyclic amines) is 1. The van der Waals surface area contributed by atoms with E-state index in [1.807, 2.05) is 4.90 Å². The molecule has 1 unspecified atom stereocenters. The zero-order valence-electron chi connectivity index (χ0n) is 14.8. The van der Waals surface area contributed by atoms with Gasteiger partial charge in [-0.2, -0.15) is 13.2 Å². The Kier molecular flexibility index (Phi) is 6.01. The number of halogens is 3. The van der Waals surface area contributed by atoms with Gasteiger partial charge in [0.15, 0.2) is 0 Å². The SMILES string of the molecule is O=C(CN1CCC(C(=O)N2CCOCC2)C1)Nc1cccc(C(F)(F)F)c1. The molecule has 6 nitrogen and oxygen atoms in total. The minimum absolute atomic E-state index is 0.0448. The summed E-state index contributed by atoms with van der Waals surface area (Å²) in [5, 5.41) is 2.50. The van der Waals surface area contributed by atoms with Gasteiger partial charge in [-0.15, -0.1) is 0 Å². The number of hydrogen-bond acceptors (Lipinski definition) is 4. The van der Waals surface area contributed by atoms with Gasteiger partial charge in [-0.25, -0.2) is 0 Å². The van der Waals surface area contributed by atoms with Crippen molar-refractivity contribution in [3.8, 4) is 0 Å². The van der Waals surface area contributed by atoms with Crippen LogP contribution < -0.4 is 5.32 Å². The first kappa shape index (κ1) is 19.6. The molecule has 148 valence electrons. The summed E-state index contributed by atoms with van der Waals surface area (Å²) >= 11 is 0. The highest BCUT2D eigenvalue weighted by molar-refractivity contribution is 5.92. The van der Waals surface area contributed by atoms with E-state index in [9.17, 15) is 22.8 Å². The van der Waals surface area contributed by atoms with Gasteiger partial charge in [-0.1, -0.05) is 6.07 Å². The number of rotatable bonds is 4. The maximum Gasteiger partial charge on any atom is 0.416 e. The third kappa shape index (κ3) is 5.20. The Morgan fingerprint density at radius 1 is 1.19 bits per heavy atom. The van der Waals surface area contributed by atoms with E-state index in [4.69, 9.17) is 4.74 Å². The van der Waals surface area contributed by atoms with Gasteiger partial charge in [-0.05, 0) is 31.2 Å². The molecule has 0 radical (unpaired) electrons. The molecule has 1 aromatic carbocycles. The molecule has 1 atom stereocenters. The zero-order chi connectivity index (χ0) is 19.4. The van der Waals surface area contributed by atoms with E-state index in [0.29, 0.717) is 45.8 Å². The Labute approximate surface area is 155 Å². The van der Waals surface area contributed by atoms with Crippen molar-refractivity contribution in [3.05, 3.63) is 29.8 Å². The normalized spacial score (nSPS) is 21.3. The number of carbonyl (C=O) groups is 2. The molecule has 0 saturated carbocycles. The molecule has 2 aliphatic heterocycles. The Balaban J connectivity index is 1.50. The van der Waals surface area contributed by atoms with Crippen molar-refractivity contribution in [1.82, 2.24) is 9.80 Å². The van der Waals surface area contributed by atoms with Crippen LogP contribution in [0, 0.1) is 5.92 Å². The Morgan fingerprint density at radius 3 is 2.63 bits per heavy atom. The standard InChI is InChI=1S/C18H22F3N3O3/c19-18(20,21)14-2-1-3-15(10-14)22-16(25)12-23-5-4-13(11-23)17(26)24-6-8-27-9-7-24/h1-3,10,13H,4-9,11-12H2,(H,22,25). The number of amides is 2. The quantitative estimate of drug-likeness (QED) is 0.859. The van der Waals surface area contributed by atoms with Crippen LogP contribution in [-0.2, 0) is 20.5 Å². The maximum absolute atomic E-state index is 12.7. The molecule has 9 heteroatoms. The van der Waals surface area contributed by atoms with Crippen molar-refractivity contribution in [2.75, 3.05) is 51.3 Å². The van der Waals surface area contributed by atoms with Crippen LogP contribution >= 0.6 is 0 Å². The predicted molar refractivity (Wildman–Crippen MR) is 92.0 cm³/mol. The van der Waals surface area contributed by atoms with Crippen molar-refractivity contribution in [3.63, 3.8) is 0 Å². The molecule has 27 heavy (non-hydrogen) atoms. The summed E-state index contributed by atoms with van der Waals surface area (Å²) in [4.78, 5) is 28.3. The van der Waals surface area contributed by atoms with E-state index in [2.05, 4.69) is 5.32 Å². The Hall–Kier alpha value is -2.13. The molecular weight excluding hydrogens is 363 g/mol. The fourth-order valence-corrected chi connectivity index (χ4v) is 3.40. The van der Waals surface area contributed by atoms with Gasteiger partial charge in [0.25, 0.3) is 0 Å². The average Bonchev–Trinajstić information content (AvgIpc) is 3.09. The number of ether oxygens (including phenoxy) is 1. The van der Waals surface area contributed by atoms with Crippen LogP contribution in [0.5, 0.6) is 0 Å². The average molecular weight is 385 g/mol. The molecule has 2 heterocycles. The van der Waals surface area contributed by atoms with E-state index < -0.39 is 17.6 Å². The molecule has 2 saturated heterocycles. The van der Waals surface area contributed by atoms with E-state index in [1.165, 1.54) is 12.1 Å². The molecule has 2 amide bonds. The molecule has 3 rings (SSSR count). The molecule has 0 spiro atoms. The van der Waals surface area contributed by atoms with Gasteiger partial charge in [0.1, 0.15) is 0 Å². The number of nitrogens with zero attached hydrogens (tertiary/aromatic N) is 2. The largest absolute Gasteiger partial charge is 0.416 e. The molecular formula is C18H22F3N3O3. The van der Waals surface area contributed by atoms with E-state index in [0.717, 1.165) is 12.1 Å². The van der Waals surface area contributed by atoms with Gasteiger partial charge >= 0.3 is 6.18 Å². The van der Waals surface area contributed by atoms with Crippen LogP contribution in [0.15, 0.2) is 24.3 Å². The van der Waals surface area contributed by atoms with Crippen molar-refractivity contribution in [2.45, 2.75) is 12.6 Å². The molecule has 0 aliphatic carbocycles. The van der Waals surface area contributed by atoms with Crippen molar-refractivity contribution in [2.24, 2.45) is 5.92 Å².